The molecular weight excluding hydrogens is 174 g/mol. The Hall–Kier alpha value is -1.49. The number of benzene rings is 1. The minimum absolute atomic E-state index is 0.234. The molecule has 14 heavy (non-hydrogen) atoms. The van der Waals surface area contributed by atoms with Crippen molar-refractivity contribution in [2.75, 3.05) is 0 Å². The van der Waals surface area contributed by atoms with E-state index < -0.39 is 5.41 Å². The second kappa shape index (κ2) is 3.71. The van der Waals surface area contributed by atoms with Crippen molar-refractivity contribution in [1.82, 2.24) is 0 Å². The van der Waals surface area contributed by atoms with Crippen LogP contribution in [-0.4, -0.2) is 5.11 Å². The van der Waals surface area contributed by atoms with Gasteiger partial charge in [-0.25, -0.2) is 0 Å². The molecule has 2 nitrogen and oxygen atoms in total. The van der Waals surface area contributed by atoms with Gasteiger partial charge < -0.3 is 5.11 Å². The van der Waals surface area contributed by atoms with E-state index in [2.05, 4.69) is 6.07 Å². The number of nitrogens with zero attached hydrogens (tertiary/aromatic N) is 1. The molecule has 2 heteroatoms. The maximum Gasteiger partial charge on any atom is 0.115 e. The molecule has 0 aromatic heterocycles. The third-order valence-electron chi connectivity index (χ3n) is 2.85. The third kappa shape index (κ3) is 1.72. The van der Waals surface area contributed by atoms with E-state index in [1.807, 2.05) is 20.8 Å². The quantitative estimate of drug-likeness (QED) is 0.777. The number of nitriles is 1. The van der Waals surface area contributed by atoms with E-state index in [1.54, 1.807) is 24.3 Å². The molecule has 0 spiro atoms. The molecule has 0 aliphatic rings. The second-order valence-corrected chi connectivity index (χ2v) is 4.02. The van der Waals surface area contributed by atoms with Crippen LogP contribution in [0.1, 0.15) is 26.3 Å². The molecule has 1 aromatic rings. The van der Waals surface area contributed by atoms with Crippen molar-refractivity contribution in [3.63, 3.8) is 0 Å². The highest BCUT2D eigenvalue weighted by molar-refractivity contribution is 5.35. The van der Waals surface area contributed by atoms with E-state index in [4.69, 9.17) is 10.4 Å². The van der Waals surface area contributed by atoms with E-state index in [1.165, 1.54) is 0 Å². The number of phenols is 1. The molecule has 0 radical (unpaired) electrons. The number of rotatable bonds is 2. The van der Waals surface area contributed by atoms with Crippen LogP contribution in [0.15, 0.2) is 24.3 Å². The highest BCUT2D eigenvalue weighted by Gasteiger charge is 2.30. The topological polar surface area (TPSA) is 44.0 Å². The zero-order chi connectivity index (χ0) is 10.8. The van der Waals surface area contributed by atoms with Gasteiger partial charge in [0.2, 0.25) is 0 Å². The van der Waals surface area contributed by atoms with Crippen molar-refractivity contribution in [3.8, 4) is 11.8 Å². The normalized spacial score (nSPS) is 14.8. The van der Waals surface area contributed by atoms with Crippen LogP contribution < -0.4 is 0 Å². The molecule has 1 rings (SSSR count). The molecule has 0 saturated heterocycles. The van der Waals surface area contributed by atoms with E-state index in [-0.39, 0.29) is 11.7 Å². The number of hydrogen-bond acceptors (Lipinski definition) is 2. The van der Waals surface area contributed by atoms with Gasteiger partial charge in [0, 0.05) is 0 Å². The van der Waals surface area contributed by atoms with Gasteiger partial charge in [-0.15, -0.1) is 0 Å². The van der Waals surface area contributed by atoms with Crippen LogP contribution in [0.4, 0.5) is 0 Å². The van der Waals surface area contributed by atoms with Crippen molar-refractivity contribution in [2.24, 2.45) is 5.92 Å². The summed E-state index contributed by atoms with van der Waals surface area (Å²) < 4.78 is 0. The molecule has 1 unspecified atom stereocenters. The van der Waals surface area contributed by atoms with Crippen LogP contribution >= 0.6 is 0 Å². The Morgan fingerprint density at radius 1 is 1.29 bits per heavy atom. The predicted molar refractivity (Wildman–Crippen MR) is 55.9 cm³/mol. The molecule has 1 N–H and O–H groups in total. The first-order valence-electron chi connectivity index (χ1n) is 4.71. The predicted octanol–water partition coefficient (Wildman–Crippen LogP) is 2.83. The maximum atomic E-state index is 9.17. The monoisotopic (exact) mass is 189 g/mol. The minimum Gasteiger partial charge on any atom is -0.508 e. The summed E-state index contributed by atoms with van der Waals surface area (Å²) in [4.78, 5) is 0. The summed E-state index contributed by atoms with van der Waals surface area (Å²) in [6.07, 6.45) is 0. The zero-order valence-corrected chi connectivity index (χ0v) is 8.78. The van der Waals surface area contributed by atoms with Gasteiger partial charge in [-0.05, 0) is 30.5 Å². The van der Waals surface area contributed by atoms with Crippen LogP contribution in [0.25, 0.3) is 0 Å². The summed E-state index contributed by atoms with van der Waals surface area (Å²) in [7, 11) is 0. The molecule has 0 fully saturated rings. The molecule has 0 aliphatic carbocycles. The number of hydrogen-bond donors (Lipinski definition) is 1. The molecule has 0 heterocycles. The van der Waals surface area contributed by atoms with E-state index >= 15 is 0 Å². The lowest BCUT2D eigenvalue weighted by Crippen LogP contribution is -2.26. The number of phenolic OH excluding ortho intramolecular Hbond substituents is 1. The molecule has 74 valence electrons. The van der Waals surface area contributed by atoms with Gasteiger partial charge >= 0.3 is 0 Å². The van der Waals surface area contributed by atoms with Crippen molar-refractivity contribution >= 4 is 0 Å². The standard InChI is InChI=1S/C12H15NO/c1-9(2)12(3,8-13)10-4-6-11(14)7-5-10/h4-7,9,14H,1-3H3. The molecular formula is C12H15NO. The van der Waals surface area contributed by atoms with Crippen molar-refractivity contribution in [2.45, 2.75) is 26.2 Å². The van der Waals surface area contributed by atoms with Gasteiger partial charge in [-0.2, -0.15) is 5.26 Å². The fourth-order valence-corrected chi connectivity index (χ4v) is 1.33. The molecule has 0 amide bonds. The third-order valence-corrected chi connectivity index (χ3v) is 2.85. The van der Waals surface area contributed by atoms with Crippen LogP contribution in [-0.2, 0) is 5.41 Å². The summed E-state index contributed by atoms with van der Waals surface area (Å²) in [5, 5.41) is 18.3. The van der Waals surface area contributed by atoms with E-state index in [9.17, 15) is 0 Å². The largest absolute Gasteiger partial charge is 0.508 e. The smallest absolute Gasteiger partial charge is 0.115 e. The summed E-state index contributed by atoms with van der Waals surface area (Å²) in [5.74, 6) is 0.481. The number of aromatic hydroxyl groups is 1. The van der Waals surface area contributed by atoms with Crippen LogP contribution in [0.3, 0.4) is 0 Å². The van der Waals surface area contributed by atoms with Crippen molar-refractivity contribution in [1.29, 1.82) is 5.26 Å². The summed E-state index contributed by atoms with van der Waals surface area (Å²) >= 11 is 0. The summed E-state index contributed by atoms with van der Waals surface area (Å²) in [5.41, 5.74) is 0.473. The van der Waals surface area contributed by atoms with Crippen LogP contribution in [0, 0.1) is 17.2 Å². The van der Waals surface area contributed by atoms with Gasteiger partial charge in [-0.1, -0.05) is 26.0 Å². The highest BCUT2D eigenvalue weighted by atomic mass is 16.3. The Kier molecular flexibility index (Phi) is 2.81. The van der Waals surface area contributed by atoms with Crippen LogP contribution in [0.2, 0.25) is 0 Å². The highest BCUT2D eigenvalue weighted by Crippen LogP contribution is 2.31. The fraction of sp³-hybridized carbons (Fsp3) is 0.417. The Bertz CT molecular complexity index is 348. The fourth-order valence-electron chi connectivity index (χ4n) is 1.33. The SMILES string of the molecule is CC(C)C(C)(C#N)c1ccc(O)cc1. The Balaban J connectivity index is 3.15. The van der Waals surface area contributed by atoms with Crippen molar-refractivity contribution < 1.29 is 5.11 Å². The van der Waals surface area contributed by atoms with Gasteiger partial charge in [0.25, 0.3) is 0 Å². The molecule has 0 aliphatic heterocycles. The lowest BCUT2D eigenvalue weighted by molar-refractivity contribution is 0.429. The van der Waals surface area contributed by atoms with Crippen molar-refractivity contribution in [3.05, 3.63) is 29.8 Å². The van der Waals surface area contributed by atoms with Gasteiger partial charge in [0.1, 0.15) is 5.75 Å². The van der Waals surface area contributed by atoms with Gasteiger partial charge in [-0.3, -0.25) is 0 Å². The molecule has 0 bridgehead atoms. The average molecular weight is 189 g/mol. The van der Waals surface area contributed by atoms with E-state index in [0.717, 1.165) is 5.56 Å². The minimum atomic E-state index is -0.478. The molecule has 1 aromatic carbocycles. The Morgan fingerprint density at radius 3 is 2.14 bits per heavy atom. The zero-order valence-electron chi connectivity index (χ0n) is 8.78. The first-order chi connectivity index (χ1) is 6.50. The molecule has 1 atom stereocenters. The lowest BCUT2D eigenvalue weighted by Gasteiger charge is -2.26. The van der Waals surface area contributed by atoms with Gasteiger partial charge in [0.05, 0.1) is 11.5 Å². The van der Waals surface area contributed by atoms with Crippen LogP contribution in [0.5, 0.6) is 5.75 Å². The second-order valence-electron chi connectivity index (χ2n) is 4.02. The summed E-state index contributed by atoms with van der Waals surface area (Å²) in [6.45, 7) is 5.97. The van der Waals surface area contributed by atoms with Gasteiger partial charge in [0.15, 0.2) is 0 Å². The van der Waals surface area contributed by atoms with E-state index in [0.29, 0.717) is 0 Å². The maximum absolute atomic E-state index is 9.17. The average Bonchev–Trinajstić information content (AvgIpc) is 2.17. The first kappa shape index (κ1) is 10.6. The first-order valence-corrected chi connectivity index (χ1v) is 4.71. The Labute approximate surface area is 84.8 Å². The lowest BCUT2D eigenvalue weighted by atomic mass is 9.75. The summed E-state index contributed by atoms with van der Waals surface area (Å²) in [6, 6.07) is 9.18. The Morgan fingerprint density at radius 2 is 1.79 bits per heavy atom. The molecule has 0 saturated carbocycles.